The third-order valence-corrected chi connectivity index (χ3v) is 7.06. The van der Waals surface area contributed by atoms with Gasteiger partial charge in [-0.25, -0.2) is 4.79 Å². The van der Waals surface area contributed by atoms with E-state index in [1.54, 1.807) is 19.2 Å². The molecule has 39 heavy (non-hydrogen) atoms. The van der Waals surface area contributed by atoms with Gasteiger partial charge < -0.3 is 24.3 Å². The fourth-order valence-corrected chi connectivity index (χ4v) is 4.91. The lowest BCUT2D eigenvalue weighted by Gasteiger charge is -2.16. The van der Waals surface area contributed by atoms with E-state index >= 15 is 0 Å². The van der Waals surface area contributed by atoms with Crippen molar-refractivity contribution >= 4 is 45.3 Å². The van der Waals surface area contributed by atoms with Crippen molar-refractivity contribution in [2.24, 2.45) is 0 Å². The second-order valence-corrected chi connectivity index (χ2v) is 9.73. The lowest BCUT2D eigenvalue weighted by Crippen LogP contribution is -2.07. The predicted octanol–water partition coefficient (Wildman–Crippen LogP) is 7.57. The van der Waals surface area contributed by atoms with E-state index in [2.05, 4.69) is 5.32 Å². The number of methoxy groups -OCH3 is 2. The summed E-state index contributed by atoms with van der Waals surface area (Å²) in [4.78, 5) is 23.9. The number of hydrogen-bond acceptors (Lipinski definition) is 9. The number of halogens is 1. The Balaban J connectivity index is 1.58. The average Bonchev–Trinajstić information content (AvgIpc) is 3.33. The predicted molar refractivity (Wildman–Crippen MR) is 150 cm³/mol. The molecule has 0 saturated carbocycles. The molecule has 1 aromatic heterocycles. The van der Waals surface area contributed by atoms with Crippen LogP contribution >= 0.6 is 22.9 Å². The van der Waals surface area contributed by atoms with Crippen molar-refractivity contribution in [3.05, 3.63) is 104 Å². The Morgan fingerprint density at radius 3 is 2.44 bits per heavy atom. The normalized spacial score (nSPS) is 11.4. The van der Waals surface area contributed by atoms with Gasteiger partial charge in [-0.2, -0.15) is 0 Å². The van der Waals surface area contributed by atoms with Gasteiger partial charge in [0.15, 0.2) is 4.88 Å². The molecule has 0 aliphatic carbocycles. The Kier molecular flexibility index (Phi) is 8.90. The fourth-order valence-electron chi connectivity index (χ4n) is 3.70. The minimum atomic E-state index is -0.597. The number of esters is 1. The van der Waals surface area contributed by atoms with Gasteiger partial charge in [0.05, 0.1) is 24.1 Å². The third-order valence-electron chi connectivity index (χ3n) is 5.70. The Morgan fingerprint density at radius 1 is 1.05 bits per heavy atom. The highest BCUT2D eigenvalue weighted by atomic mass is 35.5. The number of anilines is 2. The summed E-state index contributed by atoms with van der Waals surface area (Å²) in [5.74, 6) is 0.816. The molecule has 0 spiro atoms. The molecule has 1 heterocycles. The van der Waals surface area contributed by atoms with Crippen molar-refractivity contribution in [3.8, 4) is 17.2 Å². The number of ether oxygens (including phenoxy) is 4. The molecular formula is C28H25ClN2O7S. The standard InChI is InChI=1S/C28H25ClN2O7S/c1-17(21-6-4-5-7-22(21)29)38-25-15-26(39-27(25)28(32)36-3)30-23-14-20(12-13-24(23)31(33)34)37-16-18-8-10-19(35-2)11-9-18/h4-15,17,30H,16H2,1-3H3/t17-/m1/s1. The van der Waals surface area contributed by atoms with Gasteiger partial charge in [-0.1, -0.05) is 41.9 Å². The van der Waals surface area contributed by atoms with Crippen molar-refractivity contribution in [2.45, 2.75) is 19.6 Å². The van der Waals surface area contributed by atoms with E-state index in [1.807, 2.05) is 49.4 Å². The molecule has 9 nitrogen and oxygen atoms in total. The van der Waals surface area contributed by atoms with E-state index in [-0.39, 0.29) is 28.6 Å². The quantitative estimate of drug-likeness (QED) is 0.112. The molecule has 0 aliphatic heterocycles. The lowest BCUT2D eigenvalue weighted by molar-refractivity contribution is -0.383. The van der Waals surface area contributed by atoms with Gasteiger partial charge in [-0.3, -0.25) is 10.1 Å². The summed E-state index contributed by atoms with van der Waals surface area (Å²) in [6.45, 7) is 2.06. The van der Waals surface area contributed by atoms with Crippen LogP contribution in [0.1, 0.15) is 33.8 Å². The number of thiophene rings is 1. The smallest absolute Gasteiger partial charge is 0.351 e. The Hall–Kier alpha value is -4.28. The molecule has 0 amide bonds. The third kappa shape index (κ3) is 6.78. The minimum Gasteiger partial charge on any atom is -0.497 e. The van der Waals surface area contributed by atoms with Crippen LogP contribution in [-0.4, -0.2) is 25.1 Å². The fraction of sp³-hybridized carbons (Fsp3) is 0.179. The zero-order valence-corrected chi connectivity index (χ0v) is 22.9. The SMILES string of the molecule is COC(=O)c1sc(Nc2cc(OCc3ccc(OC)cc3)ccc2[N+](=O)[O-])cc1O[C@H](C)c1ccccc1Cl. The molecule has 0 unspecified atom stereocenters. The Labute approximate surface area is 234 Å². The minimum absolute atomic E-state index is 0.160. The van der Waals surface area contributed by atoms with E-state index < -0.39 is 17.0 Å². The maximum absolute atomic E-state index is 12.5. The van der Waals surface area contributed by atoms with E-state index in [0.717, 1.165) is 28.2 Å². The van der Waals surface area contributed by atoms with Gasteiger partial charge in [-0.05, 0) is 36.8 Å². The van der Waals surface area contributed by atoms with Crippen molar-refractivity contribution in [2.75, 3.05) is 19.5 Å². The second kappa shape index (κ2) is 12.5. The summed E-state index contributed by atoms with van der Waals surface area (Å²) in [6, 6.07) is 20.6. The number of benzene rings is 3. The number of nitro benzene ring substituents is 1. The van der Waals surface area contributed by atoms with Crippen LogP contribution in [0.15, 0.2) is 72.8 Å². The highest BCUT2D eigenvalue weighted by molar-refractivity contribution is 7.18. The molecule has 0 radical (unpaired) electrons. The van der Waals surface area contributed by atoms with Crippen molar-refractivity contribution in [1.82, 2.24) is 0 Å². The first-order chi connectivity index (χ1) is 18.8. The lowest BCUT2D eigenvalue weighted by atomic mass is 10.1. The van der Waals surface area contributed by atoms with Gasteiger partial charge in [0.2, 0.25) is 0 Å². The van der Waals surface area contributed by atoms with Gasteiger partial charge in [0.25, 0.3) is 5.69 Å². The molecule has 0 bridgehead atoms. The summed E-state index contributed by atoms with van der Waals surface area (Å²) in [6.07, 6.45) is -0.478. The van der Waals surface area contributed by atoms with Crippen LogP contribution in [0.25, 0.3) is 0 Å². The van der Waals surface area contributed by atoms with Crippen LogP contribution in [0.3, 0.4) is 0 Å². The van der Waals surface area contributed by atoms with Crippen LogP contribution in [0.2, 0.25) is 5.02 Å². The van der Waals surface area contributed by atoms with Gasteiger partial charge in [0, 0.05) is 28.8 Å². The Morgan fingerprint density at radius 2 is 1.77 bits per heavy atom. The van der Waals surface area contributed by atoms with Crippen molar-refractivity contribution in [1.29, 1.82) is 0 Å². The molecule has 4 rings (SSSR count). The van der Waals surface area contributed by atoms with Gasteiger partial charge >= 0.3 is 5.97 Å². The van der Waals surface area contributed by atoms with Crippen LogP contribution in [0.5, 0.6) is 17.2 Å². The summed E-state index contributed by atoms with van der Waals surface area (Å²) in [7, 11) is 2.86. The molecule has 3 aromatic carbocycles. The number of nitrogens with one attached hydrogen (secondary N) is 1. The number of carbonyl (C=O) groups is 1. The van der Waals surface area contributed by atoms with Crippen LogP contribution in [0.4, 0.5) is 16.4 Å². The van der Waals surface area contributed by atoms with Crippen molar-refractivity contribution < 1.29 is 28.7 Å². The summed E-state index contributed by atoms with van der Waals surface area (Å²) in [5, 5.41) is 15.7. The Bertz CT molecular complexity index is 1470. The number of nitro groups is 1. The van der Waals surface area contributed by atoms with E-state index in [4.69, 9.17) is 30.5 Å². The van der Waals surface area contributed by atoms with Crippen LogP contribution in [-0.2, 0) is 11.3 Å². The highest BCUT2D eigenvalue weighted by Crippen LogP contribution is 2.40. The summed E-state index contributed by atoms with van der Waals surface area (Å²) < 4.78 is 22.0. The molecule has 1 N–H and O–H groups in total. The largest absolute Gasteiger partial charge is 0.497 e. The first-order valence-electron chi connectivity index (χ1n) is 11.7. The summed E-state index contributed by atoms with van der Waals surface area (Å²) in [5.41, 5.74) is 1.68. The van der Waals surface area contributed by atoms with Gasteiger partial charge in [-0.15, -0.1) is 11.3 Å². The van der Waals surface area contributed by atoms with Crippen LogP contribution in [0, 0.1) is 10.1 Å². The molecule has 4 aromatic rings. The number of nitrogens with zero attached hydrogens (tertiary/aromatic N) is 1. The summed E-state index contributed by atoms with van der Waals surface area (Å²) >= 11 is 7.35. The topological polar surface area (TPSA) is 109 Å². The molecule has 0 fully saturated rings. The zero-order valence-electron chi connectivity index (χ0n) is 21.3. The number of hydrogen-bond donors (Lipinski definition) is 1. The maximum Gasteiger partial charge on any atom is 0.351 e. The zero-order chi connectivity index (χ0) is 27.9. The van der Waals surface area contributed by atoms with Crippen molar-refractivity contribution in [3.63, 3.8) is 0 Å². The van der Waals surface area contributed by atoms with Gasteiger partial charge in [0.1, 0.15) is 35.6 Å². The molecule has 0 aliphatic rings. The maximum atomic E-state index is 12.5. The molecule has 11 heteroatoms. The number of carbonyl (C=O) groups excluding carboxylic acids is 1. The van der Waals surface area contributed by atoms with Crippen LogP contribution < -0.4 is 19.5 Å². The molecule has 1 atom stereocenters. The highest BCUT2D eigenvalue weighted by Gasteiger charge is 2.23. The molecule has 202 valence electrons. The average molecular weight is 569 g/mol. The van der Waals surface area contributed by atoms with E-state index in [9.17, 15) is 14.9 Å². The monoisotopic (exact) mass is 568 g/mol. The molecule has 0 saturated heterocycles. The first kappa shape index (κ1) is 27.7. The second-order valence-electron chi connectivity index (χ2n) is 8.28. The first-order valence-corrected chi connectivity index (χ1v) is 12.9. The molecular weight excluding hydrogens is 544 g/mol. The van der Waals surface area contributed by atoms with E-state index in [1.165, 1.54) is 25.3 Å². The van der Waals surface area contributed by atoms with E-state index in [0.29, 0.717) is 15.8 Å². The number of rotatable bonds is 11.